The van der Waals surface area contributed by atoms with Crippen LogP contribution in [0.25, 0.3) is 0 Å². The Hall–Kier alpha value is -0.330. The van der Waals surface area contributed by atoms with Crippen molar-refractivity contribution in [2.75, 3.05) is 0 Å². The van der Waals surface area contributed by atoms with E-state index in [9.17, 15) is 4.79 Å². The Labute approximate surface area is 81.9 Å². The van der Waals surface area contributed by atoms with Gasteiger partial charge in [-0.25, -0.2) is 0 Å². The number of carbonyl (C=O) groups is 1. The molecule has 1 rings (SSSR count). The summed E-state index contributed by atoms with van der Waals surface area (Å²) in [6, 6.07) is 0. The van der Waals surface area contributed by atoms with Gasteiger partial charge in [0.2, 0.25) is 0 Å². The maximum absolute atomic E-state index is 11.2. The van der Waals surface area contributed by atoms with Crippen LogP contribution in [0, 0.1) is 17.3 Å². The lowest BCUT2D eigenvalue weighted by atomic mass is 9.69. The maximum Gasteiger partial charge on any atom is 0.132 e. The zero-order valence-electron chi connectivity index (χ0n) is 9.39. The van der Waals surface area contributed by atoms with E-state index >= 15 is 0 Å². The van der Waals surface area contributed by atoms with Gasteiger partial charge in [0.25, 0.3) is 0 Å². The summed E-state index contributed by atoms with van der Waals surface area (Å²) in [6.07, 6.45) is 4.73. The van der Waals surface area contributed by atoms with Gasteiger partial charge in [-0.15, -0.1) is 0 Å². The molecule has 0 aromatic heterocycles. The van der Waals surface area contributed by atoms with E-state index in [1.54, 1.807) is 6.92 Å². The van der Waals surface area contributed by atoms with E-state index in [1.165, 1.54) is 12.8 Å². The van der Waals surface area contributed by atoms with Crippen molar-refractivity contribution in [3.8, 4) is 0 Å². The third-order valence-electron chi connectivity index (χ3n) is 3.53. The van der Waals surface area contributed by atoms with Crippen molar-refractivity contribution in [1.29, 1.82) is 0 Å². The minimum absolute atomic E-state index is 0.374. The van der Waals surface area contributed by atoms with E-state index in [4.69, 9.17) is 0 Å². The molecule has 1 aliphatic rings. The summed E-state index contributed by atoms with van der Waals surface area (Å²) in [5, 5.41) is 0. The average molecular weight is 182 g/mol. The molecule has 0 amide bonds. The quantitative estimate of drug-likeness (QED) is 0.607. The first kappa shape index (κ1) is 10.7. The molecule has 0 saturated heterocycles. The Bertz CT molecular complexity index is 180. The molecule has 1 heteroatoms. The average Bonchev–Trinajstić information content (AvgIpc) is 2.03. The minimum Gasteiger partial charge on any atom is -0.300 e. The summed E-state index contributed by atoms with van der Waals surface area (Å²) >= 11 is 0. The fourth-order valence-electron chi connectivity index (χ4n) is 2.37. The Kier molecular flexibility index (Phi) is 3.15. The first-order chi connectivity index (χ1) is 5.91. The lowest BCUT2D eigenvalue weighted by Crippen LogP contribution is -2.27. The highest BCUT2D eigenvalue weighted by Gasteiger charge is 2.30. The number of ketones is 1. The molecule has 0 aliphatic heterocycles. The van der Waals surface area contributed by atoms with Crippen LogP contribution < -0.4 is 0 Å². The zero-order valence-corrected chi connectivity index (χ0v) is 9.39. The summed E-state index contributed by atoms with van der Waals surface area (Å²) < 4.78 is 0. The first-order valence-corrected chi connectivity index (χ1v) is 5.41. The standard InChI is InChI=1S/C12H22O/c1-9(13)10-5-7-11(8-6-10)12(2,3)4/h10-11H,5-8H2,1-4H3. The number of hydrogen-bond acceptors (Lipinski definition) is 1. The van der Waals surface area contributed by atoms with Crippen molar-refractivity contribution >= 4 is 5.78 Å². The fourth-order valence-corrected chi connectivity index (χ4v) is 2.37. The summed E-state index contributed by atoms with van der Waals surface area (Å²) in [5.41, 5.74) is 0.432. The predicted octanol–water partition coefficient (Wildman–Crippen LogP) is 3.43. The van der Waals surface area contributed by atoms with Crippen LogP contribution in [0.2, 0.25) is 0 Å². The fraction of sp³-hybridized carbons (Fsp3) is 0.917. The van der Waals surface area contributed by atoms with Gasteiger partial charge >= 0.3 is 0 Å². The Morgan fingerprint density at radius 3 is 1.85 bits per heavy atom. The molecule has 1 aliphatic carbocycles. The number of rotatable bonds is 1. The molecule has 13 heavy (non-hydrogen) atoms. The van der Waals surface area contributed by atoms with Crippen LogP contribution in [0.15, 0.2) is 0 Å². The van der Waals surface area contributed by atoms with Crippen LogP contribution in [-0.4, -0.2) is 5.78 Å². The monoisotopic (exact) mass is 182 g/mol. The second-order valence-corrected chi connectivity index (χ2v) is 5.53. The Balaban J connectivity index is 2.44. The number of Topliss-reactive ketones (excluding diaryl/α,β-unsaturated/α-hetero) is 1. The van der Waals surface area contributed by atoms with E-state index in [2.05, 4.69) is 20.8 Å². The van der Waals surface area contributed by atoms with Crippen molar-refractivity contribution in [1.82, 2.24) is 0 Å². The van der Waals surface area contributed by atoms with Gasteiger partial charge in [0.15, 0.2) is 0 Å². The molecule has 0 atom stereocenters. The maximum atomic E-state index is 11.2. The summed E-state index contributed by atoms with van der Waals surface area (Å²) in [6.45, 7) is 8.67. The highest BCUT2D eigenvalue weighted by molar-refractivity contribution is 5.78. The van der Waals surface area contributed by atoms with Gasteiger partial charge in [0.1, 0.15) is 5.78 Å². The van der Waals surface area contributed by atoms with Gasteiger partial charge < -0.3 is 0 Å². The largest absolute Gasteiger partial charge is 0.300 e. The van der Waals surface area contributed by atoms with Crippen molar-refractivity contribution < 1.29 is 4.79 Å². The molecule has 1 fully saturated rings. The van der Waals surface area contributed by atoms with Crippen molar-refractivity contribution in [2.45, 2.75) is 53.4 Å². The van der Waals surface area contributed by atoms with E-state index in [-0.39, 0.29) is 0 Å². The number of carbonyl (C=O) groups excluding carboxylic acids is 1. The van der Waals surface area contributed by atoms with Gasteiger partial charge in [-0.3, -0.25) is 4.79 Å². The van der Waals surface area contributed by atoms with Gasteiger partial charge in [-0.1, -0.05) is 20.8 Å². The molecule has 0 unspecified atom stereocenters. The molecule has 0 heterocycles. The van der Waals surface area contributed by atoms with Crippen molar-refractivity contribution in [2.24, 2.45) is 17.3 Å². The molecule has 1 nitrogen and oxygen atoms in total. The van der Waals surface area contributed by atoms with E-state index < -0.39 is 0 Å². The van der Waals surface area contributed by atoms with Crippen LogP contribution >= 0.6 is 0 Å². The molecular formula is C12H22O. The third-order valence-corrected chi connectivity index (χ3v) is 3.53. The lowest BCUT2D eigenvalue weighted by molar-refractivity contribution is -0.122. The lowest BCUT2D eigenvalue weighted by Gasteiger charge is -2.36. The molecule has 0 bridgehead atoms. The predicted molar refractivity (Wildman–Crippen MR) is 55.6 cm³/mol. The Morgan fingerprint density at radius 2 is 1.54 bits per heavy atom. The molecule has 0 aromatic rings. The second kappa shape index (κ2) is 3.81. The van der Waals surface area contributed by atoms with E-state index in [1.807, 2.05) is 0 Å². The Morgan fingerprint density at radius 1 is 1.08 bits per heavy atom. The van der Waals surface area contributed by atoms with Crippen molar-refractivity contribution in [3.05, 3.63) is 0 Å². The van der Waals surface area contributed by atoms with Crippen LogP contribution in [0.4, 0.5) is 0 Å². The molecule has 1 saturated carbocycles. The van der Waals surface area contributed by atoms with Gasteiger partial charge in [0, 0.05) is 5.92 Å². The van der Waals surface area contributed by atoms with Crippen LogP contribution in [0.5, 0.6) is 0 Å². The molecular weight excluding hydrogens is 160 g/mol. The summed E-state index contributed by atoms with van der Waals surface area (Å²) in [4.78, 5) is 11.2. The van der Waals surface area contributed by atoms with E-state index in [0.29, 0.717) is 17.1 Å². The van der Waals surface area contributed by atoms with Crippen LogP contribution in [-0.2, 0) is 4.79 Å². The highest BCUT2D eigenvalue weighted by atomic mass is 16.1. The first-order valence-electron chi connectivity index (χ1n) is 5.41. The molecule has 76 valence electrons. The minimum atomic E-state index is 0.374. The molecule has 0 N–H and O–H groups in total. The van der Waals surface area contributed by atoms with Crippen molar-refractivity contribution in [3.63, 3.8) is 0 Å². The molecule has 0 radical (unpaired) electrons. The topological polar surface area (TPSA) is 17.1 Å². The molecule has 0 spiro atoms. The normalized spacial score (nSPS) is 30.2. The van der Waals surface area contributed by atoms with Gasteiger partial charge in [-0.05, 0) is 43.9 Å². The van der Waals surface area contributed by atoms with Gasteiger partial charge in [-0.2, -0.15) is 0 Å². The highest BCUT2D eigenvalue weighted by Crippen LogP contribution is 2.39. The number of hydrogen-bond donors (Lipinski definition) is 0. The van der Waals surface area contributed by atoms with Crippen LogP contribution in [0.3, 0.4) is 0 Å². The zero-order chi connectivity index (χ0) is 10.1. The SMILES string of the molecule is CC(=O)C1CCC(C(C)(C)C)CC1. The van der Waals surface area contributed by atoms with Gasteiger partial charge in [0.05, 0.1) is 0 Å². The summed E-state index contributed by atoms with van der Waals surface area (Å²) in [5.74, 6) is 1.59. The third kappa shape index (κ3) is 2.82. The van der Waals surface area contributed by atoms with Crippen LogP contribution in [0.1, 0.15) is 53.4 Å². The molecule has 0 aromatic carbocycles. The smallest absolute Gasteiger partial charge is 0.132 e. The summed E-state index contributed by atoms with van der Waals surface area (Å²) in [7, 11) is 0. The second-order valence-electron chi connectivity index (χ2n) is 5.53. The van der Waals surface area contributed by atoms with E-state index in [0.717, 1.165) is 18.8 Å².